The van der Waals surface area contributed by atoms with Gasteiger partial charge in [-0.25, -0.2) is 0 Å². The molecular formula is C22H29N. The molecule has 1 unspecified atom stereocenters. The van der Waals surface area contributed by atoms with E-state index in [2.05, 4.69) is 71.0 Å². The fourth-order valence-electron chi connectivity index (χ4n) is 2.21. The monoisotopic (exact) mass is 307 g/mol. The summed E-state index contributed by atoms with van der Waals surface area (Å²) in [5.41, 5.74) is 4.46. The minimum Gasteiger partial charge on any atom is -0.192 e. The van der Waals surface area contributed by atoms with E-state index in [4.69, 9.17) is 5.26 Å². The summed E-state index contributed by atoms with van der Waals surface area (Å²) in [6.45, 7) is 11.0. The molecule has 0 aliphatic heterocycles. The van der Waals surface area contributed by atoms with E-state index in [0.717, 1.165) is 11.5 Å². The first kappa shape index (κ1) is 19.0. The highest BCUT2D eigenvalue weighted by Crippen LogP contribution is 2.24. The average molecular weight is 307 g/mol. The van der Waals surface area contributed by atoms with Gasteiger partial charge in [0.15, 0.2) is 0 Å². The van der Waals surface area contributed by atoms with Crippen molar-refractivity contribution in [1.29, 1.82) is 5.26 Å². The zero-order valence-electron chi connectivity index (χ0n) is 15.1. The van der Waals surface area contributed by atoms with Crippen LogP contribution in [0.3, 0.4) is 0 Å². The van der Waals surface area contributed by atoms with Crippen molar-refractivity contribution in [2.24, 2.45) is 5.92 Å². The van der Waals surface area contributed by atoms with E-state index in [-0.39, 0.29) is 0 Å². The summed E-state index contributed by atoms with van der Waals surface area (Å²) in [6.07, 6.45) is 2.66. The third kappa shape index (κ3) is 6.28. The molecule has 0 bridgehead atoms. The van der Waals surface area contributed by atoms with E-state index in [1.165, 1.54) is 29.5 Å². The van der Waals surface area contributed by atoms with Gasteiger partial charge in [0.2, 0.25) is 0 Å². The Morgan fingerprint density at radius 1 is 0.913 bits per heavy atom. The molecule has 0 fully saturated rings. The van der Waals surface area contributed by atoms with E-state index in [9.17, 15) is 0 Å². The maximum absolute atomic E-state index is 8.90. The molecule has 0 spiro atoms. The van der Waals surface area contributed by atoms with Gasteiger partial charge in [0.05, 0.1) is 11.6 Å². The normalized spacial score (nSPS) is 11.3. The van der Waals surface area contributed by atoms with Gasteiger partial charge >= 0.3 is 0 Å². The summed E-state index contributed by atoms with van der Waals surface area (Å²) >= 11 is 0. The van der Waals surface area contributed by atoms with E-state index in [1.54, 1.807) is 0 Å². The Morgan fingerprint density at radius 2 is 1.52 bits per heavy atom. The molecule has 1 atom stereocenters. The van der Waals surface area contributed by atoms with E-state index < -0.39 is 0 Å². The van der Waals surface area contributed by atoms with Crippen LogP contribution >= 0.6 is 0 Å². The molecule has 2 aromatic rings. The van der Waals surface area contributed by atoms with Crippen LogP contribution in [0.2, 0.25) is 0 Å². The largest absolute Gasteiger partial charge is 0.192 e. The summed E-state index contributed by atoms with van der Waals surface area (Å²) in [4.78, 5) is 0. The maximum Gasteiger partial charge on any atom is 0.0991 e. The van der Waals surface area contributed by atoms with Gasteiger partial charge in [-0.05, 0) is 36.1 Å². The van der Waals surface area contributed by atoms with Crippen molar-refractivity contribution >= 4 is 0 Å². The van der Waals surface area contributed by atoms with Crippen molar-refractivity contribution in [3.63, 3.8) is 0 Å². The molecule has 2 rings (SSSR count). The first-order valence-corrected chi connectivity index (χ1v) is 8.58. The topological polar surface area (TPSA) is 23.8 Å². The van der Waals surface area contributed by atoms with Crippen molar-refractivity contribution in [2.75, 3.05) is 0 Å². The molecule has 0 amide bonds. The van der Waals surface area contributed by atoms with Gasteiger partial charge in [0.1, 0.15) is 0 Å². The number of rotatable bonds is 4. The standard InChI is InChI=1S/C16H15N.C6H14/c1-12-6-8-15(9-7-12)13(2)16-5-3-4-14(10-16)11-17;1-4-6(3)5-2/h3-10,13H,1-2H3;6H,4-5H2,1-3H3. The first-order valence-electron chi connectivity index (χ1n) is 8.58. The van der Waals surface area contributed by atoms with Crippen molar-refractivity contribution in [2.45, 2.75) is 53.4 Å². The number of hydrogen-bond acceptors (Lipinski definition) is 1. The van der Waals surface area contributed by atoms with Gasteiger partial charge in [0.25, 0.3) is 0 Å². The van der Waals surface area contributed by atoms with Gasteiger partial charge in [0, 0.05) is 5.92 Å². The number of hydrogen-bond donors (Lipinski definition) is 0. The molecule has 122 valence electrons. The highest BCUT2D eigenvalue weighted by molar-refractivity contribution is 5.39. The van der Waals surface area contributed by atoms with Crippen molar-refractivity contribution < 1.29 is 0 Å². The lowest BCUT2D eigenvalue weighted by Crippen LogP contribution is -1.96. The third-order valence-electron chi connectivity index (χ3n) is 4.49. The lowest BCUT2D eigenvalue weighted by Gasteiger charge is -2.12. The molecule has 0 aliphatic carbocycles. The molecule has 0 aromatic heterocycles. The van der Waals surface area contributed by atoms with Crippen LogP contribution in [0.25, 0.3) is 0 Å². The van der Waals surface area contributed by atoms with E-state index in [0.29, 0.717) is 5.92 Å². The Morgan fingerprint density at radius 3 is 2.00 bits per heavy atom. The van der Waals surface area contributed by atoms with Crippen molar-refractivity contribution in [3.8, 4) is 6.07 Å². The SMILES string of the molecule is CCC(C)CC.Cc1ccc(C(C)c2cccc(C#N)c2)cc1. The number of aryl methyl sites for hydroxylation is 1. The molecule has 0 radical (unpaired) electrons. The molecule has 1 nitrogen and oxygen atoms in total. The zero-order chi connectivity index (χ0) is 17.2. The van der Waals surface area contributed by atoms with Gasteiger partial charge in [-0.3, -0.25) is 0 Å². The molecule has 0 aliphatic rings. The predicted octanol–water partition coefficient (Wildman–Crippen LogP) is 6.46. The summed E-state index contributed by atoms with van der Waals surface area (Å²) in [5.74, 6) is 1.26. The van der Waals surface area contributed by atoms with Gasteiger partial charge in [-0.15, -0.1) is 0 Å². The summed E-state index contributed by atoms with van der Waals surface area (Å²) in [7, 11) is 0. The highest BCUT2D eigenvalue weighted by atomic mass is 14.2. The van der Waals surface area contributed by atoms with Gasteiger partial charge in [-0.1, -0.05) is 82.5 Å². The Labute approximate surface area is 142 Å². The average Bonchev–Trinajstić information content (AvgIpc) is 2.61. The summed E-state index contributed by atoms with van der Waals surface area (Å²) in [5, 5.41) is 8.90. The Kier molecular flexibility index (Phi) is 8.13. The van der Waals surface area contributed by atoms with E-state index >= 15 is 0 Å². The molecule has 0 N–H and O–H groups in total. The van der Waals surface area contributed by atoms with Gasteiger partial charge < -0.3 is 0 Å². The first-order chi connectivity index (χ1) is 11.0. The van der Waals surface area contributed by atoms with Crippen LogP contribution in [-0.4, -0.2) is 0 Å². The lowest BCUT2D eigenvalue weighted by molar-refractivity contribution is 0.544. The van der Waals surface area contributed by atoms with Crippen LogP contribution in [0.15, 0.2) is 48.5 Å². The fourth-order valence-corrected chi connectivity index (χ4v) is 2.21. The number of benzene rings is 2. The smallest absolute Gasteiger partial charge is 0.0991 e. The van der Waals surface area contributed by atoms with E-state index in [1.807, 2.05) is 18.2 Å². The molecule has 0 saturated carbocycles. The highest BCUT2D eigenvalue weighted by Gasteiger charge is 2.08. The zero-order valence-corrected chi connectivity index (χ0v) is 15.1. The molecule has 23 heavy (non-hydrogen) atoms. The molecular weight excluding hydrogens is 278 g/mol. The lowest BCUT2D eigenvalue weighted by atomic mass is 9.92. The minimum absolute atomic E-state index is 0.323. The molecule has 0 heterocycles. The molecule has 2 aromatic carbocycles. The van der Waals surface area contributed by atoms with Crippen molar-refractivity contribution in [1.82, 2.24) is 0 Å². The minimum atomic E-state index is 0.323. The molecule has 0 saturated heterocycles. The van der Waals surface area contributed by atoms with Crippen LogP contribution in [-0.2, 0) is 0 Å². The van der Waals surface area contributed by atoms with Crippen LogP contribution in [0.1, 0.15) is 68.7 Å². The number of nitriles is 1. The van der Waals surface area contributed by atoms with Crippen LogP contribution in [0.4, 0.5) is 0 Å². The van der Waals surface area contributed by atoms with Crippen molar-refractivity contribution in [3.05, 3.63) is 70.8 Å². The second kappa shape index (κ2) is 9.85. The fraction of sp³-hybridized carbons (Fsp3) is 0.409. The van der Waals surface area contributed by atoms with Crippen LogP contribution in [0, 0.1) is 24.2 Å². The number of nitrogens with zero attached hydrogens (tertiary/aromatic N) is 1. The van der Waals surface area contributed by atoms with Gasteiger partial charge in [-0.2, -0.15) is 5.26 Å². The Hall–Kier alpha value is -2.07. The quantitative estimate of drug-likeness (QED) is 0.635. The second-order valence-electron chi connectivity index (χ2n) is 6.29. The maximum atomic E-state index is 8.90. The van der Waals surface area contributed by atoms with Crippen LogP contribution < -0.4 is 0 Å². The molecule has 1 heteroatoms. The second-order valence-corrected chi connectivity index (χ2v) is 6.29. The third-order valence-corrected chi connectivity index (χ3v) is 4.49. The Bertz CT molecular complexity index is 615. The predicted molar refractivity (Wildman–Crippen MR) is 99.6 cm³/mol. The summed E-state index contributed by atoms with van der Waals surface area (Å²) in [6, 6.07) is 18.6. The van der Waals surface area contributed by atoms with Crippen LogP contribution in [0.5, 0.6) is 0 Å². The summed E-state index contributed by atoms with van der Waals surface area (Å²) < 4.78 is 0. The Balaban J connectivity index is 0.000000379.